The van der Waals surface area contributed by atoms with E-state index in [0.717, 1.165) is 9.80 Å². The summed E-state index contributed by atoms with van der Waals surface area (Å²) in [6, 6.07) is 18.9. The molecule has 32 heteroatoms. The van der Waals surface area contributed by atoms with Gasteiger partial charge in [0, 0.05) is 39.3 Å². The monoisotopic (exact) mass is 1210 g/mol. The number of hydrogen-bond donors (Lipinski definition) is 8. The number of ether oxygens (including phenoxy) is 2. The number of aromatic carboxylic acids is 2. The van der Waals surface area contributed by atoms with Gasteiger partial charge >= 0.3 is 120 Å². The second kappa shape index (κ2) is 27.6. The van der Waals surface area contributed by atoms with Crippen LogP contribution in [0.25, 0.3) is 0 Å². The van der Waals surface area contributed by atoms with Crippen LogP contribution in [-0.2, 0) is 41.6 Å². The number of carbonyl (C=O) groups is 10. The van der Waals surface area contributed by atoms with E-state index >= 15 is 0 Å². The Hall–Kier alpha value is -7.25. The van der Waals surface area contributed by atoms with Crippen molar-refractivity contribution >= 4 is 73.0 Å². The van der Waals surface area contributed by atoms with E-state index < -0.39 is 97.2 Å². The molecule has 6 heterocycles. The molecule has 0 aliphatic carbocycles. The summed E-state index contributed by atoms with van der Waals surface area (Å²) < 4.78 is 22.1. The molecule has 0 spiro atoms. The molecule has 2 unspecified atom stereocenters. The van der Waals surface area contributed by atoms with Crippen molar-refractivity contribution in [3.8, 4) is 23.0 Å². The number of likely N-dealkylation sites (tertiary alicyclic amines) is 2. The van der Waals surface area contributed by atoms with E-state index in [2.05, 4.69) is 10.6 Å². The number of imide groups is 2. The number of nitrogens with zero attached hydrogens (tertiary/aromatic N) is 6. The van der Waals surface area contributed by atoms with Crippen molar-refractivity contribution in [3.63, 3.8) is 0 Å². The topological polar surface area (TPSA) is 373 Å². The molecular formula is C54H60B2N8Na2O20. The van der Waals surface area contributed by atoms with E-state index in [9.17, 15) is 78.3 Å². The van der Waals surface area contributed by atoms with Crippen LogP contribution in [0.1, 0.15) is 68.9 Å². The molecule has 4 saturated heterocycles. The van der Waals surface area contributed by atoms with Gasteiger partial charge in [0.15, 0.2) is 0 Å². The molecule has 2 atom stereocenters. The van der Waals surface area contributed by atoms with E-state index in [-0.39, 0.29) is 171 Å². The van der Waals surface area contributed by atoms with Crippen LogP contribution < -0.4 is 88.5 Å². The summed E-state index contributed by atoms with van der Waals surface area (Å²) in [7, 11) is 0. The average molecular weight is 1210 g/mol. The molecule has 0 saturated carbocycles. The minimum absolute atomic E-state index is 0. The van der Waals surface area contributed by atoms with Gasteiger partial charge in [-0.1, -0.05) is 85.4 Å². The van der Waals surface area contributed by atoms with Gasteiger partial charge in [-0.3, -0.25) is 38.6 Å². The van der Waals surface area contributed by atoms with Gasteiger partial charge in [-0.05, 0) is 61.1 Å². The number of amides is 10. The largest absolute Gasteiger partial charge is 1.00 e. The first kappa shape index (κ1) is 66.3. The normalized spacial score (nSPS) is 18.4. The standard InChI is InChI=1S/2C27H30BN4O10.2Na/c2*1-2-30-12-13-32(25(35)24(30)34)27(38)29-21(16-6-4-3-5-7-16)23(33)31-14-18(15-31)41-19-9-8-17-10-11-28(39,40)42-22(17)20(19)26(36)37;;/h2*3-9,18,21,39-40H,2,10-15H2,1H3,(H,29,38)(H,36,37);;/q2*-1;2*+1. The maximum absolute atomic E-state index is 13.5. The van der Waals surface area contributed by atoms with Crippen molar-refractivity contribution in [2.45, 2.75) is 63.6 Å². The third kappa shape index (κ3) is 14.4. The Kier molecular flexibility index (Phi) is 21.3. The van der Waals surface area contributed by atoms with Gasteiger partial charge in [0.05, 0.1) is 37.7 Å². The van der Waals surface area contributed by atoms with Crippen molar-refractivity contribution in [2.75, 3.05) is 65.4 Å². The second-order valence-corrected chi connectivity index (χ2v) is 20.7. The van der Waals surface area contributed by atoms with Gasteiger partial charge in [0.1, 0.15) is 46.9 Å². The Labute approximate surface area is 535 Å². The van der Waals surface area contributed by atoms with E-state index in [0.29, 0.717) is 35.3 Å². The summed E-state index contributed by atoms with van der Waals surface area (Å²) in [6.45, 7) is -1.65. The summed E-state index contributed by atoms with van der Waals surface area (Å²) >= 11 is 0. The molecule has 4 aromatic rings. The summed E-state index contributed by atoms with van der Waals surface area (Å²) in [5, 5.41) is 64.6. The fraction of sp³-hybridized carbons (Fsp3) is 0.370. The average Bonchev–Trinajstić information content (AvgIpc) is 3.26. The van der Waals surface area contributed by atoms with E-state index in [1.807, 2.05) is 0 Å². The van der Waals surface area contributed by atoms with E-state index in [1.54, 1.807) is 86.6 Å². The summed E-state index contributed by atoms with van der Waals surface area (Å²) in [5.41, 5.74) is 1.24. The molecule has 10 rings (SSSR count). The molecule has 4 fully saturated rings. The third-order valence-electron chi connectivity index (χ3n) is 15.1. The summed E-state index contributed by atoms with van der Waals surface area (Å²) in [6.07, 6.45) is -0.888. The Morgan fingerprint density at radius 1 is 0.535 bits per heavy atom. The second-order valence-electron chi connectivity index (χ2n) is 20.7. The Bertz CT molecular complexity index is 3090. The molecule has 6 aliphatic rings. The molecule has 0 radical (unpaired) electrons. The van der Waals surface area contributed by atoms with Gasteiger partial charge in [0.2, 0.25) is 11.8 Å². The third-order valence-corrected chi connectivity index (χ3v) is 15.1. The van der Waals surface area contributed by atoms with E-state index in [1.165, 1.54) is 31.7 Å². The smallest absolute Gasteiger partial charge is 0.669 e. The number of rotatable bonds is 14. The molecular weight excluding hydrogens is 1150 g/mol. The van der Waals surface area contributed by atoms with Crippen LogP contribution in [0.15, 0.2) is 84.9 Å². The Morgan fingerprint density at radius 3 is 1.21 bits per heavy atom. The van der Waals surface area contributed by atoms with E-state index in [4.69, 9.17) is 18.8 Å². The number of nitrogens with one attached hydrogen (secondary N) is 2. The first-order chi connectivity index (χ1) is 40.0. The van der Waals surface area contributed by atoms with Crippen LogP contribution in [0, 0.1) is 0 Å². The minimum atomic E-state index is -3.20. The van der Waals surface area contributed by atoms with Gasteiger partial charge in [-0.2, -0.15) is 0 Å². The number of urea groups is 2. The SMILES string of the molecule is CCN1CCN(C(=O)NC(C(=O)N2CC(Oc3ccc4c(c3C(=O)O)O[B-](O)(O)CC4)C2)c2ccccc2)C(=O)C1=O.CCN1CCN(C(=O)NC(C(=O)N2CC(Oc3ccc4c(c3C(=O)O)O[B-](O)(O)CC4)C2)c2ccccc2)C(=O)C1=O.[Na+].[Na+]. The van der Waals surface area contributed by atoms with Crippen LogP contribution in [0.2, 0.25) is 12.6 Å². The fourth-order valence-corrected chi connectivity index (χ4v) is 10.4. The van der Waals surface area contributed by atoms with Crippen LogP contribution in [0.3, 0.4) is 0 Å². The zero-order chi connectivity index (χ0) is 60.4. The number of likely N-dealkylation sites (N-methyl/N-ethyl adjacent to an activating group) is 2. The first-order valence-corrected chi connectivity index (χ1v) is 27.2. The van der Waals surface area contributed by atoms with Gasteiger partial charge in [-0.25, -0.2) is 19.2 Å². The number of carboxylic acids is 2. The molecule has 4 aromatic carbocycles. The molecule has 86 heavy (non-hydrogen) atoms. The van der Waals surface area contributed by atoms with Crippen molar-refractivity contribution in [1.29, 1.82) is 0 Å². The quantitative estimate of drug-likeness (QED) is 0.0430. The van der Waals surface area contributed by atoms with Crippen molar-refractivity contribution < 1.29 is 156 Å². The number of carboxylic acid groups (broad SMARTS) is 2. The summed E-state index contributed by atoms with van der Waals surface area (Å²) in [5.74, 6) is -7.66. The van der Waals surface area contributed by atoms with Gasteiger partial charge in [0.25, 0.3) is 0 Å². The molecule has 8 N–H and O–H groups in total. The molecule has 0 aromatic heterocycles. The van der Waals surface area contributed by atoms with Crippen molar-refractivity contribution in [2.24, 2.45) is 0 Å². The Balaban J connectivity index is 0.000000240. The predicted octanol–water partition coefficient (Wildman–Crippen LogP) is -6.04. The summed E-state index contributed by atoms with van der Waals surface area (Å²) in [4.78, 5) is 134. The van der Waals surface area contributed by atoms with Gasteiger partial charge < -0.3 is 79.3 Å². The van der Waals surface area contributed by atoms with Crippen molar-refractivity contribution in [3.05, 3.63) is 118 Å². The first-order valence-electron chi connectivity index (χ1n) is 27.2. The predicted molar refractivity (Wildman–Crippen MR) is 291 cm³/mol. The number of benzene rings is 4. The Morgan fingerprint density at radius 2 is 0.884 bits per heavy atom. The molecule has 0 bridgehead atoms. The van der Waals surface area contributed by atoms with Crippen LogP contribution in [0.4, 0.5) is 9.59 Å². The number of hydrogen-bond acceptors (Lipinski definition) is 18. The zero-order valence-electron chi connectivity index (χ0n) is 47.5. The van der Waals surface area contributed by atoms with Crippen LogP contribution in [-0.4, -0.2) is 210 Å². The molecule has 444 valence electrons. The zero-order valence-corrected chi connectivity index (χ0v) is 51.5. The number of piperazine rings is 2. The van der Waals surface area contributed by atoms with Crippen LogP contribution >= 0.6 is 0 Å². The fourth-order valence-electron chi connectivity index (χ4n) is 10.4. The van der Waals surface area contributed by atoms with Gasteiger partial charge in [-0.15, -0.1) is 0 Å². The molecule has 10 amide bonds. The maximum Gasteiger partial charge on any atom is 1.00 e. The van der Waals surface area contributed by atoms with Crippen LogP contribution in [0.5, 0.6) is 23.0 Å². The van der Waals surface area contributed by atoms with Crippen molar-refractivity contribution in [1.82, 2.24) is 40.0 Å². The number of carbonyl (C=O) groups excluding carboxylic acids is 8. The maximum atomic E-state index is 13.5. The number of fused-ring (bicyclic) bond motifs is 2. The molecule has 28 nitrogen and oxygen atoms in total. The number of aryl methyl sites for hydroxylation is 2. The minimum Gasteiger partial charge on any atom is -0.669 e. The molecule has 6 aliphatic heterocycles.